The molecular formula is C24H24N2O3. The summed E-state index contributed by atoms with van der Waals surface area (Å²) in [5.41, 5.74) is 3.18. The van der Waals surface area contributed by atoms with E-state index in [1.807, 2.05) is 78.9 Å². The molecule has 0 aromatic heterocycles. The number of carbonyl (C=O) groups excluding carboxylic acids is 1. The summed E-state index contributed by atoms with van der Waals surface area (Å²) in [5, 5.41) is 6.05. The molecule has 1 heterocycles. The van der Waals surface area contributed by atoms with Gasteiger partial charge in [0.15, 0.2) is 11.5 Å². The number of hydrogen-bond acceptors (Lipinski definition) is 3. The van der Waals surface area contributed by atoms with Crippen LogP contribution < -0.4 is 20.1 Å². The highest BCUT2D eigenvalue weighted by atomic mass is 16.6. The molecule has 0 atom stereocenters. The first-order valence-electron chi connectivity index (χ1n) is 9.82. The zero-order chi connectivity index (χ0) is 19.9. The van der Waals surface area contributed by atoms with Crippen LogP contribution in [0.4, 0.5) is 4.79 Å². The fourth-order valence-corrected chi connectivity index (χ4v) is 3.40. The van der Waals surface area contributed by atoms with Crippen molar-refractivity contribution in [1.29, 1.82) is 0 Å². The monoisotopic (exact) mass is 388 g/mol. The van der Waals surface area contributed by atoms with Crippen LogP contribution >= 0.6 is 0 Å². The Morgan fingerprint density at radius 1 is 0.828 bits per heavy atom. The van der Waals surface area contributed by atoms with Gasteiger partial charge in [0.05, 0.1) is 6.04 Å². The zero-order valence-electron chi connectivity index (χ0n) is 16.1. The first-order chi connectivity index (χ1) is 14.3. The molecule has 148 valence electrons. The maximum Gasteiger partial charge on any atom is 0.315 e. The topological polar surface area (TPSA) is 59.6 Å². The maximum atomic E-state index is 12.6. The second-order valence-corrected chi connectivity index (χ2v) is 6.88. The van der Waals surface area contributed by atoms with Crippen molar-refractivity contribution in [1.82, 2.24) is 10.6 Å². The lowest BCUT2D eigenvalue weighted by Crippen LogP contribution is -2.39. The average Bonchev–Trinajstić information content (AvgIpc) is 2.78. The molecule has 29 heavy (non-hydrogen) atoms. The molecule has 1 aliphatic rings. The molecule has 0 saturated heterocycles. The van der Waals surface area contributed by atoms with Gasteiger partial charge in [0.25, 0.3) is 0 Å². The Kier molecular flexibility index (Phi) is 5.95. The fraction of sp³-hybridized carbons (Fsp3) is 0.208. The molecule has 3 aromatic rings. The van der Waals surface area contributed by atoms with Crippen LogP contribution in [0.1, 0.15) is 22.7 Å². The summed E-state index contributed by atoms with van der Waals surface area (Å²) < 4.78 is 11.2. The minimum Gasteiger partial charge on any atom is -0.486 e. The van der Waals surface area contributed by atoms with Crippen molar-refractivity contribution in [3.8, 4) is 11.5 Å². The molecule has 0 radical (unpaired) electrons. The van der Waals surface area contributed by atoms with E-state index in [9.17, 15) is 4.79 Å². The van der Waals surface area contributed by atoms with E-state index < -0.39 is 0 Å². The number of carbonyl (C=O) groups is 1. The van der Waals surface area contributed by atoms with Gasteiger partial charge in [0, 0.05) is 6.54 Å². The van der Waals surface area contributed by atoms with Crippen molar-refractivity contribution < 1.29 is 14.3 Å². The molecule has 2 amide bonds. The molecule has 0 bridgehead atoms. The molecule has 1 aliphatic heterocycles. The number of hydrogen-bond donors (Lipinski definition) is 2. The molecule has 0 aliphatic carbocycles. The van der Waals surface area contributed by atoms with E-state index in [4.69, 9.17) is 9.47 Å². The van der Waals surface area contributed by atoms with Crippen LogP contribution in [0.5, 0.6) is 11.5 Å². The Bertz CT molecular complexity index is 905. The summed E-state index contributed by atoms with van der Waals surface area (Å²) in [5.74, 6) is 1.55. The van der Waals surface area contributed by atoms with Gasteiger partial charge < -0.3 is 20.1 Å². The molecule has 2 N–H and O–H groups in total. The lowest BCUT2D eigenvalue weighted by Gasteiger charge is -2.20. The molecule has 4 rings (SSSR count). The summed E-state index contributed by atoms with van der Waals surface area (Å²) in [6, 6.07) is 25.4. The van der Waals surface area contributed by atoms with E-state index in [1.54, 1.807) is 0 Å². The minimum absolute atomic E-state index is 0.194. The fourth-order valence-electron chi connectivity index (χ4n) is 3.40. The normalized spacial score (nSPS) is 12.4. The van der Waals surface area contributed by atoms with Gasteiger partial charge in [0.1, 0.15) is 13.2 Å². The Morgan fingerprint density at radius 3 is 2.10 bits per heavy atom. The van der Waals surface area contributed by atoms with Crippen molar-refractivity contribution in [2.24, 2.45) is 0 Å². The highest BCUT2D eigenvalue weighted by molar-refractivity contribution is 5.75. The van der Waals surface area contributed by atoms with Gasteiger partial charge in [-0.05, 0) is 35.2 Å². The molecular weight excluding hydrogens is 364 g/mol. The number of rotatable bonds is 6. The largest absolute Gasteiger partial charge is 0.486 e. The number of amides is 2. The molecule has 0 fully saturated rings. The van der Waals surface area contributed by atoms with Crippen LogP contribution in [-0.4, -0.2) is 25.8 Å². The van der Waals surface area contributed by atoms with Crippen LogP contribution in [0.25, 0.3) is 0 Å². The van der Waals surface area contributed by atoms with Crippen LogP contribution in [-0.2, 0) is 6.42 Å². The molecule has 3 aromatic carbocycles. The number of ether oxygens (including phenoxy) is 2. The van der Waals surface area contributed by atoms with E-state index in [2.05, 4.69) is 10.6 Å². The summed E-state index contributed by atoms with van der Waals surface area (Å²) in [4.78, 5) is 12.6. The van der Waals surface area contributed by atoms with Crippen molar-refractivity contribution in [2.75, 3.05) is 19.8 Å². The molecule has 0 unspecified atom stereocenters. The van der Waals surface area contributed by atoms with Crippen molar-refractivity contribution in [3.05, 3.63) is 95.6 Å². The minimum atomic E-state index is -0.202. The third-order valence-electron chi connectivity index (χ3n) is 4.85. The number of fused-ring (bicyclic) bond motifs is 1. The van der Waals surface area contributed by atoms with Gasteiger partial charge in [0.2, 0.25) is 0 Å². The molecule has 5 heteroatoms. The highest BCUT2D eigenvalue weighted by Gasteiger charge is 2.16. The quantitative estimate of drug-likeness (QED) is 0.669. The first-order valence-corrected chi connectivity index (χ1v) is 9.82. The summed E-state index contributed by atoms with van der Waals surface area (Å²) in [6.45, 7) is 1.68. The zero-order valence-corrected chi connectivity index (χ0v) is 16.1. The van der Waals surface area contributed by atoms with Gasteiger partial charge in [-0.2, -0.15) is 0 Å². The number of urea groups is 1. The SMILES string of the molecule is O=C(NCCc1ccc2c(c1)OCCO2)NC(c1ccccc1)c1ccccc1. The van der Waals surface area contributed by atoms with E-state index in [-0.39, 0.29) is 12.1 Å². The van der Waals surface area contributed by atoms with Crippen LogP contribution in [0.2, 0.25) is 0 Å². The second-order valence-electron chi connectivity index (χ2n) is 6.88. The lowest BCUT2D eigenvalue weighted by molar-refractivity contribution is 0.171. The Hall–Kier alpha value is -3.47. The van der Waals surface area contributed by atoms with Gasteiger partial charge in [-0.25, -0.2) is 4.79 Å². The number of benzene rings is 3. The number of nitrogens with one attached hydrogen (secondary N) is 2. The van der Waals surface area contributed by atoms with E-state index in [0.717, 1.165) is 28.2 Å². The molecule has 0 saturated carbocycles. The van der Waals surface area contributed by atoms with Crippen molar-refractivity contribution in [2.45, 2.75) is 12.5 Å². The van der Waals surface area contributed by atoms with E-state index in [0.29, 0.717) is 26.2 Å². The molecule has 5 nitrogen and oxygen atoms in total. The van der Waals surface area contributed by atoms with E-state index >= 15 is 0 Å². The smallest absolute Gasteiger partial charge is 0.315 e. The standard InChI is InChI=1S/C24H24N2O3/c27-24(25-14-13-18-11-12-21-22(17-18)29-16-15-28-21)26-23(19-7-3-1-4-8-19)20-9-5-2-6-10-20/h1-12,17,23H,13-16H2,(H2,25,26,27). The summed E-state index contributed by atoms with van der Waals surface area (Å²) in [6.07, 6.45) is 0.714. The van der Waals surface area contributed by atoms with Crippen LogP contribution in [0.3, 0.4) is 0 Å². The van der Waals surface area contributed by atoms with Gasteiger partial charge >= 0.3 is 6.03 Å². The molecule has 0 spiro atoms. The van der Waals surface area contributed by atoms with Gasteiger partial charge in [-0.15, -0.1) is 0 Å². The Balaban J connectivity index is 1.36. The highest BCUT2D eigenvalue weighted by Crippen LogP contribution is 2.30. The van der Waals surface area contributed by atoms with Crippen molar-refractivity contribution >= 4 is 6.03 Å². The average molecular weight is 388 g/mol. The van der Waals surface area contributed by atoms with Crippen LogP contribution in [0, 0.1) is 0 Å². The third kappa shape index (κ3) is 4.88. The summed E-state index contributed by atoms with van der Waals surface area (Å²) in [7, 11) is 0. The van der Waals surface area contributed by atoms with E-state index in [1.165, 1.54) is 0 Å². The lowest BCUT2D eigenvalue weighted by atomic mass is 9.99. The van der Waals surface area contributed by atoms with Crippen LogP contribution in [0.15, 0.2) is 78.9 Å². The predicted octanol–water partition coefficient (Wildman–Crippen LogP) is 4.09. The van der Waals surface area contributed by atoms with Crippen molar-refractivity contribution in [3.63, 3.8) is 0 Å². The third-order valence-corrected chi connectivity index (χ3v) is 4.85. The second kappa shape index (κ2) is 9.15. The van der Waals surface area contributed by atoms with Gasteiger partial charge in [-0.3, -0.25) is 0 Å². The summed E-state index contributed by atoms with van der Waals surface area (Å²) >= 11 is 0. The predicted molar refractivity (Wildman–Crippen MR) is 112 cm³/mol. The first kappa shape index (κ1) is 18.9. The Labute approximate surface area is 170 Å². The Morgan fingerprint density at radius 2 is 1.45 bits per heavy atom. The van der Waals surface area contributed by atoms with Gasteiger partial charge in [-0.1, -0.05) is 66.7 Å². The maximum absolute atomic E-state index is 12.6.